The lowest BCUT2D eigenvalue weighted by molar-refractivity contribution is -0.782. The third-order valence-corrected chi connectivity index (χ3v) is 3.14. The van der Waals surface area contributed by atoms with Gasteiger partial charge >= 0.3 is 22.4 Å². The third-order valence-electron chi connectivity index (χ3n) is 3.14. The molecule has 0 aromatic carbocycles. The molecule has 3 heterocycles. The van der Waals surface area contributed by atoms with Gasteiger partial charge in [0.1, 0.15) is 0 Å². The number of hydrogen-bond acceptors (Lipinski definition) is 6. The Morgan fingerprint density at radius 3 is 2.86 bits per heavy atom. The number of fused-ring (bicyclic) bond motifs is 1. The molecular formula is C12H11N5O4. The van der Waals surface area contributed by atoms with Crippen molar-refractivity contribution < 1.29 is 9.53 Å². The van der Waals surface area contributed by atoms with E-state index in [1.54, 1.807) is 31.5 Å². The van der Waals surface area contributed by atoms with Crippen LogP contribution in [0.3, 0.4) is 0 Å². The molecule has 0 fully saturated rings. The Labute approximate surface area is 117 Å². The minimum atomic E-state index is -0.712. The minimum absolute atomic E-state index is 0.0169. The van der Waals surface area contributed by atoms with Gasteiger partial charge < -0.3 is 5.21 Å². The predicted octanol–water partition coefficient (Wildman–Crippen LogP) is -0.752. The average molecular weight is 289 g/mol. The van der Waals surface area contributed by atoms with Crippen LogP contribution in [0.5, 0.6) is 0 Å². The number of aromatic nitrogens is 5. The van der Waals surface area contributed by atoms with Gasteiger partial charge in [0.15, 0.2) is 0 Å². The van der Waals surface area contributed by atoms with Crippen LogP contribution in [0.4, 0.5) is 0 Å². The van der Waals surface area contributed by atoms with Crippen molar-refractivity contribution in [3.63, 3.8) is 0 Å². The van der Waals surface area contributed by atoms with E-state index in [2.05, 4.69) is 14.8 Å². The monoisotopic (exact) mass is 289 g/mol. The summed E-state index contributed by atoms with van der Waals surface area (Å²) in [5.41, 5.74) is -0.888. The molecule has 0 amide bonds. The molecule has 0 spiro atoms. The van der Waals surface area contributed by atoms with Crippen LogP contribution in [-0.2, 0) is 13.1 Å². The molecule has 21 heavy (non-hydrogen) atoms. The van der Waals surface area contributed by atoms with E-state index in [4.69, 9.17) is 0 Å². The first kappa shape index (κ1) is 13.0. The lowest BCUT2D eigenvalue weighted by Gasteiger charge is -2.07. The van der Waals surface area contributed by atoms with E-state index in [-0.39, 0.29) is 29.2 Å². The number of rotatable bonds is 3. The highest BCUT2D eigenvalue weighted by Gasteiger charge is 2.23. The fraction of sp³-hybridized carbons (Fsp3) is 0.250. The first-order valence-corrected chi connectivity index (χ1v) is 6.25. The zero-order valence-electron chi connectivity index (χ0n) is 11.1. The van der Waals surface area contributed by atoms with Gasteiger partial charge in [-0.25, -0.2) is 9.36 Å². The fourth-order valence-corrected chi connectivity index (χ4v) is 2.14. The van der Waals surface area contributed by atoms with Gasteiger partial charge in [-0.1, -0.05) is 6.07 Å². The Morgan fingerprint density at radius 1 is 1.38 bits per heavy atom. The zero-order valence-corrected chi connectivity index (χ0v) is 11.1. The molecule has 0 unspecified atom stereocenters. The Hall–Kier alpha value is -2.97. The standard InChI is InChI=1S/C12H11N5O4/c1-2-15-11(18)9-10(14-21-17(9)20)16(12(15)19)7-8-4-3-5-13-6-8/h3-6H,2,7H2,1H3. The molecule has 0 aliphatic carbocycles. The van der Waals surface area contributed by atoms with E-state index in [9.17, 15) is 14.8 Å². The van der Waals surface area contributed by atoms with Crippen LogP contribution in [0.25, 0.3) is 11.2 Å². The molecule has 0 aliphatic rings. The summed E-state index contributed by atoms with van der Waals surface area (Å²) >= 11 is 0. The van der Waals surface area contributed by atoms with Gasteiger partial charge in [-0.3, -0.25) is 19.0 Å². The number of hydrogen-bond donors (Lipinski definition) is 0. The summed E-state index contributed by atoms with van der Waals surface area (Å²) < 4.78 is 6.63. The first-order chi connectivity index (χ1) is 10.1. The van der Waals surface area contributed by atoms with Gasteiger partial charge in [0.05, 0.1) is 11.7 Å². The Kier molecular flexibility index (Phi) is 3.01. The maximum absolute atomic E-state index is 12.4. The quantitative estimate of drug-likeness (QED) is 0.587. The van der Waals surface area contributed by atoms with E-state index in [1.807, 2.05) is 0 Å². The van der Waals surface area contributed by atoms with Gasteiger partial charge in [0.25, 0.3) is 0 Å². The van der Waals surface area contributed by atoms with Crippen molar-refractivity contribution in [3.8, 4) is 0 Å². The van der Waals surface area contributed by atoms with Crippen molar-refractivity contribution in [3.05, 3.63) is 56.1 Å². The lowest BCUT2D eigenvalue weighted by Crippen LogP contribution is -2.43. The van der Waals surface area contributed by atoms with Crippen LogP contribution in [0.1, 0.15) is 12.5 Å². The summed E-state index contributed by atoms with van der Waals surface area (Å²) in [6.45, 7) is 1.92. The molecule has 0 N–H and O–H groups in total. The van der Waals surface area contributed by atoms with E-state index in [1.165, 1.54) is 4.57 Å². The fourth-order valence-electron chi connectivity index (χ4n) is 2.14. The van der Waals surface area contributed by atoms with Crippen LogP contribution in [0.15, 0.2) is 38.7 Å². The lowest BCUT2D eigenvalue weighted by atomic mass is 10.3. The maximum Gasteiger partial charge on any atom is 0.334 e. The SMILES string of the molecule is CCn1c(=O)c2c(no[n+]2[O-])n(Cc2cccnc2)c1=O. The molecule has 0 bridgehead atoms. The molecule has 3 rings (SSSR count). The summed E-state index contributed by atoms with van der Waals surface area (Å²) in [6.07, 6.45) is 3.20. The molecule has 0 atom stereocenters. The molecular weight excluding hydrogens is 278 g/mol. The second kappa shape index (κ2) is 4.85. The average Bonchev–Trinajstić information content (AvgIpc) is 2.87. The highest BCUT2D eigenvalue weighted by molar-refractivity contribution is 5.64. The van der Waals surface area contributed by atoms with Crippen molar-refractivity contribution in [2.45, 2.75) is 20.0 Å². The molecule has 3 aromatic rings. The second-order valence-electron chi connectivity index (χ2n) is 4.38. The van der Waals surface area contributed by atoms with Crippen LogP contribution in [0, 0.1) is 5.21 Å². The van der Waals surface area contributed by atoms with Gasteiger partial charge in [0, 0.05) is 18.9 Å². The van der Waals surface area contributed by atoms with Gasteiger partial charge in [-0.15, -0.1) is 0 Å². The molecule has 108 valence electrons. The number of pyridine rings is 1. The summed E-state index contributed by atoms with van der Waals surface area (Å²) in [6, 6.07) is 3.50. The molecule has 9 nitrogen and oxygen atoms in total. The molecule has 9 heteroatoms. The summed E-state index contributed by atoms with van der Waals surface area (Å²) in [5, 5.41) is 15.0. The van der Waals surface area contributed by atoms with Gasteiger partial charge in [0.2, 0.25) is 0 Å². The van der Waals surface area contributed by atoms with Crippen molar-refractivity contribution in [1.82, 2.24) is 19.3 Å². The smallest absolute Gasteiger partial charge is 0.334 e. The summed E-state index contributed by atoms with van der Waals surface area (Å²) in [5.74, 6) is 0. The molecule has 3 aromatic heterocycles. The molecule has 0 saturated heterocycles. The van der Waals surface area contributed by atoms with Crippen molar-refractivity contribution in [1.29, 1.82) is 0 Å². The van der Waals surface area contributed by atoms with Crippen LogP contribution in [0.2, 0.25) is 0 Å². The van der Waals surface area contributed by atoms with Crippen molar-refractivity contribution >= 4 is 11.2 Å². The largest absolute Gasteiger partial charge is 0.359 e. The topological polar surface area (TPSA) is 110 Å². The molecule has 0 saturated carbocycles. The van der Waals surface area contributed by atoms with E-state index in [0.29, 0.717) is 0 Å². The Bertz CT molecular complexity index is 909. The summed E-state index contributed by atoms with van der Waals surface area (Å²) in [7, 11) is 0. The van der Waals surface area contributed by atoms with Crippen molar-refractivity contribution in [2.24, 2.45) is 0 Å². The van der Waals surface area contributed by atoms with E-state index in [0.717, 1.165) is 10.1 Å². The Morgan fingerprint density at radius 2 is 2.19 bits per heavy atom. The van der Waals surface area contributed by atoms with Crippen molar-refractivity contribution in [2.75, 3.05) is 0 Å². The Balaban J connectivity index is 2.31. The van der Waals surface area contributed by atoms with E-state index >= 15 is 0 Å². The second-order valence-corrected chi connectivity index (χ2v) is 4.38. The number of nitrogens with zero attached hydrogens (tertiary/aromatic N) is 5. The van der Waals surface area contributed by atoms with E-state index < -0.39 is 11.2 Å². The van der Waals surface area contributed by atoms with Crippen LogP contribution < -0.4 is 16.2 Å². The maximum atomic E-state index is 12.4. The summed E-state index contributed by atoms with van der Waals surface area (Å²) in [4.78, 5) is 28.4. The highest BCUT2D eigenvalue weighted by atomic mass is 16.8. The molecule has 0 radical (unpaired) electrons. The van der Waals surface area contributed by atoms with Crippen LogP contribution >= 0.6 is 0 Å². The van der Waals surface area contributed by atoms with Crippen LogP contribution in [-0.4, -0.2) is 19.3 Å². The van der Waals surface area contributed by atoms with Gasteiger partial charge in [-0.05, 0) is 23.5 Å². The third kappa shape index (κ3) is 1.98. The first-order valence-electron chi connectivity index (χ1n) is 6.25. The molecule has 0 aliphatic heterocycles. The minimum Gasteiger partial charge on any atom is -0.359 e. The van der Waals surface area contributed by atoms with Gasteiger partial charge in [-0.2, -0.15) is 0 Å². The predicted molar refractivity (Wildman–Crippen MR) is 70.5 cm³/mol. The normalized spacial score (nSPS) is 11.1. The zero-order chi connectivity index (χ0) is 15.0. The highest BCUT2D eigenvalue weighted by Crippen LogP contribution is 2.04.